The average molecular weight is 466 g/mol. The summed E-state index contributed by atoms with van der Waals surface area (Å²) < 4.78 is 40.9. The SMILES string of the molecule is CC1(F)C=CC=CC1C1(C(=O)Nc2ccc(-c3ccc(C(F)F)nc3)c(-c3nn[nH]n3)c2)CC1. The zero-order valence-electron chi connectivity index (χ0n) is 18.2. The second-order valence-electron chi connectivity index (χ2n) is 8.75. The van der Waals surface area contributed by atoms with Gasteiger partial charge in [0.1, 0.15) is 11.4 Å². The number of aromatic amines is 1. The average Bonchev–Trinajstić information content (AvgIpc) is 3.43. The molecule has 7 nitrogen and oxygen atoms in total. The molecule has 1 aromatic carbocycles. The predicted molar refractivity (Wildman–Crippen MR) is 119 cm³/mol. The van der Waals surface area contributed by atoms with Gasteiger partial charge in [-0.3, -0.25) is 9.78 Å². The van der Waals surface area contributed by atoms with Crippen molar-refractivity contribution < 1.29 is 18.0 Å². The number of aromatic nitrogens is 5. The van der Waals surface area contributed by atoms with E-state index in [9.17, 15) is 13.6 Å². The summed E-state index contributed by atoms with van der Waals surface area (Å²) in [6.45, 7) is 1.49. The second kappa shape index (κ2) is 8.19. The van der Waals surface area contributed by atoms with Crippen LogP contribution in [0.4, 0.5) is 18.9 Å². The second-order valence-corrected chi connectivity index (χ2v) is 8.75. The van der Waals surface area contributed by atoms with Crippen LogP contribution in [0, 0.1) is 11.3 Å². The molecule has 10 heteroatoms. The Bertz CT molecular complexity index is 1260. The van der Waals surface area contributed by atoms with Crippen molar-refractivity contribution in [2.75, 3.05) is 5.32 Å². The maximum absolute atomic E-state index is 15.1. The molecule has 174 valence electrons. The zero-order chi connectivity index (χ0) is 23.9. The van der Waals surface area contributed by atoms with Gasteiger partial charge in [-0.2, -0.15) is 5.21 Å². The van der Waals surface area contributed by atoms with E-state index in [4.69, 9.17) is 0 Å². The van der Waals surface area contributed by atoms with Crippen molar-refractivity contribution in [3.8, 4) is 22.5 Å². The van der Waals surface area contributed by atoms with E-state index in [1.807, 2.05) is 0 Å². The van der Waals surface area contributed by atoms with Crippen LogP contribution in [0.2, 0.25) is 0 Å². The number of amides is 1. The number of pyridine rings is 1. The molecule has 0 saturated heterocycles. The first kappa shape index (κ1) is 22.0. The maximum Gasteiger partial charge on any atom is 0.280 e. The highest BCUT2D eigenvalue weighted by atomic mass is 19.3. The Morgan fingerprint density at radius 3 is 2.62 bits per heavy atom. The largest absolute Gasteiger partial charge is 0.326 e. The first-order valence-electron chi connectivity index (χ1n) is 10.8. The Morgan fingerprint density at radius 2 is 2.00 bits per heavy atom. The Balaban J connectivity index is 1.46. The minimum atomic E-state index is -2.67. The lowest BCUT2D eigenvalue weighted by atomic mass is 9.75. The van der Waals surface area contributed by atoms with Gasteiger partial charge in [0.2, 0.25) is 11.7 Å². The van der Waals surface area contributed by atoms with Crippen molar-refractivity contribution in [2.24, 2.45) is 11.3 Å². The highest BCUT2D eigenvalue weighted by Gasteiger charge is 2.60. The van der Waals surface area contributed by atoms with Crippen molar-refractivity contribution in [2.45, 2.75) is 31.9 Å². The normalized spacial score (nSPS) is 22.7. The number of halogens is 3. The fraction of sp³-hybridized carbons (Fsp3) is 0.292. The summed E-state index contributed by atoms with van der Waals surface area (Å²) >= 11 is 0. The van der Waals surface area contributed by atoms with Gasteiger partial charge >= 0.3 is 0 Å². The van der Waals surface area contributed by atoms with E-state index >= 15 is 4.39 Å². The number of carbonyl (C=O) groups excluding carboxylic acids is 1. The molecule has 1 fully saturated rings. The first-order chi connectivity index (χ1) is 16.3. The quantitative estimate of drug-likeness (QED) is 0.530. The smallest absolute Gasteiger partial charge is 0.280 e. The molecule has 2 heterocycles. The summed E-state index contributed by atoms with van der Waals surface area (Å²) in [5.41, 5.74) is -0.537. The lowest BCUT2D eigenvalue weighted by Crippen LogP contribution is -2.41. The Kier molecular flexibility index (Phi) is 5.30. The van der Waals surface area contributed by atoms with Gasteiger partial charge in [0.15, 0.2) is 0 Å². The fourth-order valence-electron chi connectivity index (χ4n) is 4.53. The van der Waals surface area contributed by atoms with E-state index in [1.54, 1.807) is 36.4 Å². The van der Waals surface area contributed by atoms with E-state index in [0.717, 1.165) is 0 Å². The van der Waals surface area contributed by atoms with Gasteiger partial charge in [0.25, 0.3) is 6.43 Å². The van der Waals surface area contributed by atoms with Crippen molar-refractivity contribution >= 4 is 11.6 Å². The summed E-state index contributed by atoms with van der Waals surface area (Å²) in [4.78, 5) is 17.1. The highest BCUT2D eigenvalue weighted by molar-refractivity contribution is 5.99. The van der Waals surface area contributed by atoms with E-state index in [1.165, 1.54) is 31.3 Å². The van der Waals surface area contributed by atoms with Gasteiger partial charge in [-0.1, -0.05) is 30.4 Å². The number of anilines is 1. The third-order valence-corrected chi connectivity index (χ3v) is 6.47. The molecule has 2 aliphatic rings. The fourth-order valence-corrected chi connectivity index (χ4v) is 4.53. The Morgan fingerprint density at radius 1 is 1.18 bits per heavy atom. The summed E-state index contributed by atoms with van der Waals surface area (Å²) in [5.74, 6) is -0.543. The van der Waals surface area contributed by atoms with Gasteiger partial charge in [0.05, 0.1) is 5.41 Å². The molecule has 0 spiro atoms. The van der Waals surface area contributed by atoms with Crippen LogP contribution in [-0.4, -0.2) is 37.2 Å². The van der Waals surface area contributed by atoms with Crippen LogP contribution in [0.1, 0.15) is 31.9 Å². The van der Waals surface area contributed by atoms with Crippen LogP contribution in [0.25, 0.3) is 22.5 Å². The van der Waals surface area contributed by atoms with Gasteiger partial charge in [0, 0.05) is 28.9 Å². The van der Waals surface area contributed by atoms with Crippen molar-refractivity contribution in [1.29, 1.82) is 0 Å². The molecule has 2 unspecified atom stereocenters. The van der Waals surface area contributed by atoms with Crippen LogP contribution in [0.15, 0.2) is 60.8 Å². The van der Waals surface area contributed by atoms with Crippen LogP contribution < -0.4 is 5.32 Å². The predicted octanol–water partition coefficient (Wildman–Crippen LogP) is 5.06. The van der Waals surface area contributed by atoms with Gasteiger partial charge in [-0.25, -0.2) is 13.2 Å². The van der Waals surface area contributed by atoms with E-state index in [-0.39, 0.29) is 17.4 Å². The number of nitrogens with zero attached hydrogens (tertiary/aromatic N) is 4. The summed E-state index contributed by atoms with van der Waals surface area (Å²) in [6.07, 6.45) is 6.55. The van der Waals surface area contributed by atoms with E-state index in [0.29, 0.717) is 35.2 Å². The number of carbonyl (C=O) groups is 1. The number of hydrogen-bond donors (Lipinski definition) is 2. The third kappa shape index (κ3) is 3.89. The molecule has 0 aliphatic heterocycles. The van der Waals surface area contributed by atoms with Crippen LogP contribution >= 0.6 is 0 Å². The number of rotatable bonds is 6. The van der Waals surface area contributed by atoms with Crippen LogP contribution in [0.3, 0.4) is 0 Å². The molecular weight excluding hydrogens is 445 g/mol. The Hall–Kier alpha value is -3.82. The number of allylic oxidation sites excluding steroid dienone is 4. The van der Waals surface area contributed by atoms with Crippen molar-refractivity contribution in [3.63, 3.8) is 0 Å². The summed E-state index contributed by atoms with van der Waals surface area (Å²) in [7, 11) is 0. The van der Waals surface area contributed by atoms with Gasteiger partial charge in [-0.15, -0.1) is 10.2 Å². The van der Waals surface area contributed by atoms with Crippen molar-refractivity contribution in [1.82, 2.24) is 25.6 Å². The highest BCUT2D eigenvalue weighted by Crippen LogP contribution is 2.58. The van der Waals surface area contributed by atoms with Gasteiger partial charge in [-0.05, 0) is 54.8 Å². The van der Waals surface area contributed by atoms with Crippen LogP contribution in [-0.2, 0) is 4.79 Å². The molecule has 1 amide bonds. The van der Waals surface area contributed by atoms with Gasteiger partial charge < -0.3 is 5.32 Å². The molecule has 34 heavy (non-hydrogen) atoms. The molecule has 3 aromatic rings. The lowest BCUT2D eigenvalue weighted by Gasteiger charge is -2.33. The molecule has 2 N–H and O–H groups in total. The Labute approximate surface area is 193 Å². The number of benzene rings is 1. The molecule has 2 aliphatic carbocycles. The lowest BCUT2D eigenvalue weighted by molar-refractivity contribution is -0.124. The van der Waals surface area contributed by atoms with Crippen LogP contribution in [0.5, 0.6) is 0 Å². The summed E-state index contributed by atoms with van der Waals surface area (Å²) in [5, 5.41) is 17.0. The summed E-state index contributed by atoms with van der Waals surface area (Å²) in [6, 6.07) is 7.89. The molecule has 0 radical (unpaired) electrons. The number of tetrazole rings is 1. The monoisotopic (exact) mass is 466 g/mol. The number of nitrogens with one attached hydrogen (secondary N) is 2. The molecule has 5 rings (SSSR count). The number of alkyl halides is 3. The van der Waals surface area contributed by atoms with Crippen molar-refractivity contribution in [3.05, 3.63) is 66.5 Å². The molecular formula is C24H21F3N6O. The molecule has 2 atom stereocenters. The number of H-pyrrole nitrogens is 1. The molecule has 1 saturated carbocycles. The first-order valence-corrected chi connectivity index (χ1v) is 10.8. The minimum Gasteiger partial charge on any atom is -0.326 e. The van der Waals surface area contributed by atoms with E-state index in [2.05, 4.69) is 30.9 Å². The molecule has 0 bridgehead atoms. The zero-order valence-corrected chi connectivity index (χ0v) is 18.2. The number of hydrogen-bond acceptors (Lipinski definition) is 5. The minimum absolute atomic E-state index is 0.254. The third-order valence-electron chi connectivity index (χ3n) is 6.47. The maximum atomic E-state index is 15.1. The topological polar surface area (TPSA) is 96.5 Å². The molecule has 2 aromatic heterocycles. The van der Waals surface area contributed by atoms with E-state index < -0.39 is 23.4 Å². The standard InChI is InChI=1S/C24H21F3N6O/c1-23(27)9-3-2-4-19(23)24(10-11-24)22(34)29-15-6-7-16(17(12-15)21-30-32-33-31-21)14-5-8-18(20(25)26)28-13-14/h2-9,12-13,19-20H,10-11H2,1H3,(H,29,34)(H,30,31,32,33).